The van der Waals surface area contributed by atoms with Crippen LogP contribution in [0.15, 0.2) is 28.8 Å². The number of sulfonamides is 1. The van der Waals surface area contributed by atoms with Gasteiger partial charge in [0.1, 0.15) is 0 Å². The lowest BCUT2D eigenvalue weighted by Gasteiger charge is -2.32. The zero-order valence-corrected chi connectivity index (χ0v) is 22.8. The van der Waals surface area contributed by atoms with Crippen LogP contribution < -0.4 is 21.1 Å². The first-order chi connectivity index (χ1) is 19.1. The molecule has 3 aromatic rings. The van der Waals surface area contributed by atoms with E-state index in [2.05, 4.69) is 31.0 Å². The van der Waals surface area contributed by atoms with Crippen LogP contribution in [0.3, 0.4) is 0 Å². The van der Waals surface area contributed by atoms with Gasteiger partial charge in [-0.15, -0.1) is 10.2 Å². The molecule has 40 heavy (non-hydrogen) atoms. The smallest absolute Gasteiger partial charge is 0.271 e. The first kappa shape index (κ1) is 27.4. The number of carbonyl (C=O) groups is 2. The van der Waals surface area contributed by atoms with E-state index >= 15 is 0 Å². The standard InChI is InChI=1S/C24H29N9O6S/c1-38-21-15(23-28-19(39-31-23)13-32-8-10-33(11-9-32)40(2,36)37)4-3-5-16(21)26-17-12-18(27-24(35)14-6-7-14)29-30-20(17)22(25)34/h3-5,12,14H,6-11,13H2,1-2H3,(H2,25,34)(H2,26,27,29,35). The van der Waals surface area contributed by atoms with Crippen LogP contribution in [0.2, 0.25) is 0 Å². The molecule has 16 heteroatoms. The quantitative estimate of drug-likeness (QED) is 0.310. The van der Waals surface area contributed by atoms with Crippen LogP contribution in [0.25, 0.3) is 11.4 Å². The number of nitrogens with two attached hydrogens (primary N) is 1. The Morgan fingerprint density at radius 1 is 1.15 bits per heavy atom. The number of amides is 2. The number of nitrogens with one attached hydrogen (secondary N) is 2. The van der Waals surface area contributed by atoms with E-state index in [-0.39, 0.29) is 34.8 Å². The van der Waals surface area contributed by atoms with Crippen molar-refractivity contribution in [1.82, 2.24) is 29.5 Å². The summed E-state index contributed by atoms with van der Waals surface area (Å²) in [5, 5.41) is 17.7. The van der Waals surface area contributed by atoms with Gasteiger partial charge in [0.15, 0.2) is 17.3 Å². The van der Waals surface area contributed by atoms with Crippen LogP contribution in [-0.2, 0) is 21.4 Å². The second-order valence-electron chi connectivity index (χ2n) is 9.58. The number of rotatable bonds is 10. The lowest BCUT2D eigenvalue weighted by molar-refractivity contribution is -0.117. The molecule has 2 aromatic heterocycles. The monoisotopic (exact) mass is 571 g/mol. The molecule has 2 fully saturated rings. The minimum atomic E-state index is -3.22. The Morgan fingerprint density at radius 2 is 1.90 bits per heavy atom. The summed E-state index contributed by atoms with van der Waals surface area (Å²) in [7, 11) is -1.74. The number of hydrogen-bond donors (Lipinski definition) is 3. The number of primary amides is 1. The maximum atomic E-state index is 12.2. The number of anilines is 3. The van der Waals surface area contributed by atoms with E-state index in [1.54, 1.807) is 18.2 Å². The molecule has 0 spiro atoms. The Balaban J connectivity index is 1.35. The minimum Gasteiger partial charge on any atom is -0.494 e. The fraction of sp³-hybridized carbons (Fsp3) is 0.417. The predicted molar refractivity (Wildman–Crippen MR) is 143 cm³/mol. The number of methoxy groups -OCH3 is 1. The molecule has 15 nitrogen and oxygen atoms in total. The van der Waals surface area contributed by atoms with Gasteiger partial charge in [-0.2, -0.15) is 9.29 Å². The Bertz CT molecular complexity index is 1530. The number of piperazine rings is 1. The summed E-state index contributed by atoms with van der Waals surface area (Å²) in [6.45, 7) is 2.23. The van der Waals surface area contributed by atoms with Crippen LogP contribution in [0, 0.1) is 5.92 Å². The number of carbonyl (C=O) groups excluding carboxylic acids is 2. The minimum absolute atomic E-state index is 0.0391. The molecule has 0 radical (unpaired) electrons. The second kappa shape index (κ2) is 11.1. The zero-order chi connectivity index (χ0) is 28.4. The van der Waals surface area contributed by atoms with E-state index < -0.39 is 15.9 Å². The second-order valence-corrected chi connectivity index (χ2v) is 11.6. The van der Waals surface area contributed by atoms with Gasteiger partial charge in [0, 0.05) is 38.2 Å². The molecule has 2 aliphatic rings. The van der Waals surface area contributed by atoms with Crippen molar-refractivity contribution >= 4 is 39.0 Å². The van der Waals surface area contributed by atoms with Gasteiger partial charge in [0.25, 0.3) is 5.91 Å². The molecule has 5 rings (SSSR count). The summed E-state index contributed by atoms with van der Waals surface area (Å²) < 4.78 is 36.1. The molecule has 3 heterocycles. The molecule has 0 unspecified atom stereocenters. The third-order valence-corrected chi connectivity index (χ3v) is 7.89. The molecule has 0 atom stereocenters. The third kappa shape index (κ3) is 6.19. The zero-order valence-electron chi connectivity index (χ0n) is 22.0. The highest BCUT2D eigenvalue weighted by Crippen LogP contribution is 2.37. The maximum absolute atomic E-state index is 12.2. The molecule has 4 N–H and O–H groups in total. The Morgan fingerprint density at radius 3 is 2.55 bits per heavy atom. The van der Waals surface area contributed by atoms with Gasteiger partial charge < -0.3 is 25.6 Å². The van der Waals surface area contributed by atoms with E-state index in [9.17, 15) is 18.0 Å². The lowest BCUT2D eigenvalue weighted by Crippen LogP contribution is -2.47. The molecule has 1 aliphatic heterocycles. The van der Waals surface area contributed by atoms with Crippen molar-refractivity contribution in [1.29, 1.82) is 0 Å². The number of para-hydroxylation sites is 1. The largest absolute Gasteiger partial charge is 0.494 e. The summed E-state index contributed by atoms with van der Waals surface area (Å²) in [5.74, 6) is 0.205. The molecular formula is C24H29N9O6S. The summed E-state index contributed by atoms with van der Waals surface area (Å²) in [5.41, 5.74) is 6.60. The number of benzene rings is 1. The van der Waals surface area contributed by atoms with Crippen molar-refractivity contribution in [2.45, 2.75) is 19.4 Å². The molecule has 0 bridgehead atoms. The van der Waals surface area contributed by atoms with Gasteiger partial charge in [0.2, 0.25) is 27.6 Å². The highest BCUT2D eigenvalue weighted by molar-refractivity contribution is 7.88. The van der Waals surface area contributed by atoms with Crippen LogP contribution in [-0.4, -0.2) is 89.3 Å². The number of nitrogens with zero attached hydrogens (tertiary/aromatic N) is 6. The average molecular weight is 572 g/mol. The van der Waals surface area contributed by atoms with E-state index in [1.807, 2.05) is 4.90 Å². The molecular weight excluding hydrogens is 542 g/mol. The SMILES string of the molecule is COc1c(Nc2cc(NC(=O)C3CC3)nnc2C(N)=O)cccc1-c1noc(CN2CCN(S(C)(=O)=O)CC2)n1. The normalized spacial score (nSPS) is 16.4. The average Bonchev–Trinajstić information content (AvgIpc) is 3.67. The molecule has 1 saturated heterocycles. The van der Waals surface area contributed by atoms with E-state index in [0.717, 1.165) is 12.8 Å². The Hall–Kier alpha value is -4.15. The van der Waals surface area contributed by atoms with E-state index in [4.69, 9.17) is 15.0 Å². The van der Waals surface area contributed by atoms with Gasteiger partial charge in [-0.25, -0.2) is 8.42 Å². The third-order valence-electron chi connectivity index (χ3n) is 6.58. The maximum Gasteiger partial charge on any atom is 0.271 e. The first-order valence-corrected chi connectivity index (χ1v) is 14.4. The summed E-state index contributed by atoms with van der Waals surface area (Å²) in [6, 6.07) is 6.70. The number of aromatic nitrogens is 4. The Labute approximate surface area is 230 Å². The van der Waals surface area contributed by atoms with Gasteiger partial charge in [-0.1, -0.05) is 11.2 Å². The molecule has 2 amide bonds. The van der Waals surface area contributed by atoms with Crippen molar-refractivity contribution in [2.75, 3.05) is 50.2 Å². The number of hydrogen-bond acceptors (Lipinski definition) is 12. The summed E-state index contributed by atoms with van der Waals surface area (Å²) in [6.07, 6.45) is 2.85. The fourth-order valence-corrected chi connectivity index (χ4v) is 5.15. The van der Waals surface area contributed by atoms with Crippen molar-refractivity contribution in [3.05, 3.63) is 35.9 Å². The highest BCUT2D eigenvalue weighted by Gasteiger charge is 2.30. The number of ether oxygens (including phenoxy) is 1. The van der Waals surface area contributed by atoms with Crippen LogP contribution in [0.4, 0.5) is 17.2 Å². The Kier molecular flexibility index (Phi) is 7.64. The molecule has 1 aliphatic carbocycles. The van der Waals surface area contributed by atoms with E-state index in [0.29, 0.717) is 55.6 Å². The fourth-order valence-electron chi connectivity index (χ4n) is 4.32. The van der Waals surface area contributed by atoms with Gasteiger partial charge in [-0.05, 0) is 25.0 Å². The van der Waals surface area contributed by atoms with Crippen LogP contribution in [0.5, 0.6) is 5.75 Å². The predicted octanol–water partition coefficient (Wildman–Crippen LogP) is 0.803. The van der Waals surface area contributed by atoms with Crippen molar-refractivity contribution in [3.63, 3.8) is 0 Å². The van der Waals surface area contributed by atoms with Crippen molar-refractivity contribution in [3.8, 4) is 17.1 Å². The lowest BCUT2D eigenvalue weighted by atomic mass is 10.1. The van der Waals surface area contributed by atoms with E-state index in [1.165, 1.54) is 23.7 Å². The van der Waals surface area contributed by atoms with Gasteiger partial charge in [0.05, 0.1) is 36.8 Å². The first-order valence-electron chi connectivity index (χ1n) is 12.5. The van der Waals surface area contributed by atoms with Gasteiger partial charge >= 0.3 is 0 Å². The van der Waals surface area contributed by atoms with Gasteiger partial charge in [-0.3, -0.25) is 14.5 Å². The topological polar surface area (TPSA) is 199 Å². The molecule has 1 aromatic carbocycles. The van der Waals surface area contributed by atoms with Crippen LogP contribution in [0.1, 0.15) is 29.2 Å². The summed E-state index contributed by atoms with van der Waals surface area (Å²) in [4.78, 5) is 30.8. The van der Waals surface area contributed by atoms with Crippen molar-refractivity contribution < 1.29 is 27.3 Å². The van der Waals surface area contributed by atoms with Crippen molar-refractivity contribution in [2.24, 2.45) is 11.7 Å². The molecule has 212 valence electrons. The summed E-state index contributed by atoms with van der Waals surface area (Å²) >= 11 is 0. The van der Waals surface area contributed by atoms with Crippen LogP contribution >= 0.6 is 0 Å². The highest BCUT2D eigenvalue weighted by atomic mass is 32.2. The molecule has 1 saturated carbocycles.